The van der Waals surface area contributed by atoms with Gasteiger partial charge in [0.25, 0.3) is 0 Å². The fourth-order valence-corrected chi connectivity index (χ4v) is 3.18. The lowest BCUT2D eigenvalue weighted by Crippen LogP contribution is -2.18. The molecule has 1 aliphatic rings. The number of anilines is 1. The zero-order chi connectivity index (χ0) is 18.2. The normalized spacial score (nSPS) is 20.6. The standard InChI is InChI=1S/C19H20N2O4/c1-11-10-13(25-12-6-8-20-9-7-12)4-5-14(11)21-17(22)15-16(18(23)24)19(15,2)3/h4-10,15-16H,1-3H3,(H,21,22)(H,23,24)/t15-,16+/m0/s1. The number of benzene rings is 1. The summed E-state index contributed by atoms with van der Waals surface area (Å²) in [7, 11) is 0. The summed E-state index contributed by atoms with van der Waals surface area (Å²) in [6.45, 7) is 5.46. The molecule has 1 fully saturated rings. The van der Waals surface area contributed by atoms with E-state index in [2.05, 4.69) is 10.3 Å². The second-order valence-corrected chi connectivity index (χ2v) is 6.87. The maximum atomic E-state index is 12.4. The highest BCUT2D eigenvalue weighted by Crippen LogP contribution is 2.58. The highest BCUT2D eigenvalue weighted by atomic mass is 16.5. The van der Waals surface area contributed by atoms with Gasteiger partial charge in [-0.05, 0) is 48.2 Å². The Morgan fingerprint density at radius 3 is 2.36 bits per heavy atom. The molecule has 1 aliphatic carbocycles. The Morgan fingerprint density at radius 1 is 1.12 bits per heavy atom. The van der Waals surface area contributed by atoms with Gasteiger partial charge in [0.05, 0.1) is 11.8 Å². The zero-order valence-corrected chi connectivity index (χ0v) is 14.3. The van der Waals surface area contributed by atoms with Gasteiger partial charge in [-0.15, -0.1) is 0 Å². The SMILES string of the molecule is Cc1cc(Oc2ccncc2)ccc1NC(=O)[C@@H]1[C@H](C(=O)O)C1(C)C. The van der Waals surface area contributed by atoms with Crippen molar-refractivity contribution in [1.82, 2.24) is 4.98 Å². The molecular weight excluding hydrogens is 320 g/mol. The average Bonchev–Trinajstić information content (AvgIpc) is 3.14. The number of amides is 1. The number of aromatic nitrogens is 1. The Kier molecular flexibility index (Phi) is 4.20. The van der Waals surface area contributed by atoms with Gasteiger partial charge in [0.2, 0.25) is 5.91 Å². The molecule has 6 nitrogen and oxygen atoms in total. The number of carboxylic acid groups (broad SMARTS) is 1. The first-order valence-electron chi connectivity index (χ1n) is 8.03. The average molecular weight is 340 g/mol. The molecule has 0 bridgehead atoms. The lowest BCUT2D eigenvalue weighted by atomic mass is 10.1. The number of rotatable bonds is 5. The maximum absolute atomic E-state index is 12.4. The van der Waals surface area contributed by atoms with Crippen LogP contribution in [0.5, 0.6) is 11.5 Å². The Hall–Kier alpha value is -2.89. The number of pyridine rings is 1. The Balaban J connectivity index is 1.70. The number of aryl methyl sites for hydroxylation is 1. The van der Waals surface area contributed by atoms with Gasteiger partial charge in [-0.3, -0.25) is 14.6 Å². The minimum atomic E-state index is -0.928. The van der Waals surface area contributed by atoms with Crippen LogP contribution in [0.25, 0.3) is 0 Å². The minimum absolute atomic E-state index is 0.261. The second kappa shape index (κ2) is 6.20. The van der Waals surface area contributed by atoms with Gasteiger partial charge in [0, 0.05) is 18.1 Å². The van der Waals surface area contributed by atoms with Crippen LogP contribution in [0.3, 0.4) is 0 Å². The lowest BCUT2D eigenvalue weighted by Gasteiger charge is -2.11. The smallest absolute Gasteiger partial charge is 0.307 e. The zero-order valence-electron chi connectivity index (χ0n) is 14.3. The van der Waals surface area contributed by atoms with Crippen LogP contribution in [0, 0.1) is 24.2 Å². The van der Waals surface area contributed by atoms with Crippen LogP contribution in [-0.4, -0.2) is 22.0 Å². The molecule has 0 radical (unpaired) electrons. The first-order valence-corrected chi connectivity index (χ1v) is 8.03. The van der Waals surface area contributed by atoms with Crippen molar-refractivity contribution in [3.63, 3.8) is 0 Å². The van der Waals surface area contributed by atoms with Crippen LogP contribution in [0.15, 0.2) is 42.7 Å². The predicted molar refractivity (Wildman–Crippen MR) is 92.5 cm³/mol. The van der Waals surface area contributed by atoms with Gasteiger partial charge < -0.3 is 15.2 Å². The van der Waals surface area contributed by atoms with Crippen molar-refractivity contribution >= 4 is 17.6 Å². The number of nitrogens with one attached hydrogen (secondary N) is 1. The third kappa shape index (κ3) is 3.33. The van der Waals surface area contributed by atoms with E-state index in [0.717, 1.165) is 5.56 Å². The molecule has 1 aromatic carbocycles. The fraction of sp³-hybridized carbons (Fsp3) is 0.316. The summed E-state index contributed by atoms with van der Waals surface area (Å²) in [5.41, 5.74) is 0.970. The molecular formula is C19H20N2O4. The summed E-state index contributed by atoms with van der Waals surface area (Å²) >= 11 is 0. The number of hydrogen-bond donors (Lipinski definition) is 2. The topological polar surface area (TPSA) is 88.5 Å². The van der Waals surface area contributed by atoms with Crippen LogP contribution in [0.2, 0.25) is 0 Å². The molecule has 6 heteroatoms. The van der Waals surface area contributed by atoms with E-state index in [0.29, 0.717) is 17.2 Å². The molecule has 1 amide bonds. The highest BCUT2D eigenvalue weighted by Gasteiger charge is 2.65. The van der Waals surface area contributed by atoms with E-state index in [-0.39, 0.29) is 5.91 Å². The Bertz CT molecular complexity index is 817. The van der Waals surface area contributed by atoms with Crippen LogP contribution < -0.4 is 10.1 Å². The van der Waals surface area contributed by atoms with Gasteiger partial charge in [-0.1, -0.05) is 13.8 Å². The molecule has 3 rings (SSSR count). The predicted octanol–water partition coefficient (Wildman–Crippen LogP) is 3.48. The van der Waals surface area contributed by atoms with Gasteiger partial charge in [-0.2, -0.15) is 0 Å². The molecule has 2 atom stereocenters. The Labute approximate surface area is 145 Å². The summed E-state index contributed by atoms with van der Waals surface area (Å²) in [4.78, 5) is 27.6. The van der Waals surface area contributed by atoms with Gasteiger partial charge in [-0.25, -0.2) is 0 Å². The van der Waals surface area contributed by atoms with Crippen molar-refractivity contribution in [2.75, 3.05) is 5.32 Å². The van der Waals surface area contributed by atoms with Gasteiger partial charge in [0.1, 0.15) is 11.5 Å². The molecule has 2 aromatic rings. The van der Waals surface area contributed by atoms with Crippen molar-refractivity contribution in [3.05, 3.63) is 48.3 Å². The van der Waals surface area contributed by atoms with Crippen LogP contribution >= 0.6 is 0 Å². The third-order valence-electron chi connectivity index (χ3n) is 4.72. The highest BCUT2D eigenvalue weighted by molar-refractivity contribution is 6.00. The largest absolute Gasteiger partial charge is 0.481 e. The molecule has 1 aromatic heterocycles. The lowest BCUT2D eigenvalue weighted by molar-refractivity contribution is -0.140. The summed E-state index contributed by atoms with van der Waals surface area (Å²) < 4.78 is 5.73. The summed E-state index contributed by atoms with van der Waals surface area (Å²) in [5.74, 6) is -1.02. The monoisotopic (exact) mass is 340 g/mol. The number of carboxylic acids is 1. The third-order valence-corrected chi connectivity index (χ3v) is 4.72. The van der Waals surface area contributed by atoms with E-state index in [1.165, 1.54) is 0 Å². The second-order valence-electron chi connectivity index (χ2n) is 6.87. The van der Waals surface area contributed by atoms with E-state index >= 15 is 0 Å². The molecule has 1 heterocycles. The van der Waals surface area contributed by atoms with Crippen LogP contribution in [-0.2, 0) is 9.59 Å². The number of ether oxygens (including phenoxy) is 1. The van der Waals surface area contributed by atoms with E-state index in [1.54, 1.807) is 50.5 Å². The minimum Gasteiger partial charge on any atom is -0.481 e. The maximum Gasteiger partial charge on any atom is 0.307 e. The van der Waals surface area contributed by atoms with E-state index < -0.39 is 23.2 Å². The summed E-state index contributed by atoms with van der Waals surface area (Å²) in [6.07, 6.45) is 3.29. The number of carbonyl (C=O) groups is 2. The van der Waals surface area contributed by atoms with Crippen molar-refractivity contribution in [1.29, 1.82) is 0 Å². The number of nitrogens with zero attached hydrogens (tertiary/aromatic N) is 1. The first kappa shape index (κ1) is 17.0. The molecule has 0 unspecified atom stereocenters. The van der Waals surface area contributed by atoms with Crippen molar-refractivity contribution < 1.29 is 19.4 Å². The van der Waals surface area contributed by atoms with Crippen molar-refractivity contribution in [3.8, 4) is 11.5 Å². The first-order chi connectivity index (χ1) is 11.8. The van der Waals surface area contributed by atoms with E-state index in [4.69, 9.17) is 4.74 Å². The molecule has 0 spiro atoms. The number of hydrogen-bond acceptors (Lipinski definition) is 4. The molecule has 1 saturated carbocycles. The molecule has 2 N–H and O–H groups in total. The van der Waals surface area contributed by atoms with Crippen LogP contribution in [0.1, 0.15) is 19.4 Å². The van der Waals surface area contributed by atoms with Crippen LogP contribution in [0.4, 0.5) is 5.69 Å². The molecule has 0 aliphatic heterocycles. The van der Waals surface area contributed by atoms with Gasteiger partial charge in [0.15, 0.2) is 0 Å². The number of carbonyl (C=O) groups excluding carboxylic acids is 1. The Morgan fingerprint density at radius 2 is 1.80 bits per heavy atom. The molecule has 25 heavy (non-hydrogen) atoms. The fourth-order valence-electron chi connectivity index (χ4n) is 3.18. The quantitative estimate of drug-likeness (QED) is 0.870. The van der Waals surface area contributed by atoms with Crippen molar-refractivity contribution in [2.24, 2.45) is 17.3 Å². The van der Waals surface area contributed by atoms with Crippen molar-refractivity contribution in [2.45, 2.75) is 20.8 Å². The van der Waals surface area contributed by atoms with Gasteiger partial charge >= 0.3 is 5.97 Å². The summed E-state index contributed by atoms with van der Waals surface area (Å²) in [6, 6.07) is 8.85. The molecule has 130 valence electrons. The van der Waals surface area contributed by atoms with E-state index in [1.807, 2.05) is 13.0 Å². The molecule has 0 saturated heterocycles. The number of aliphatic carboxylic acids is 1. The van der Waals surface area contributed by atoms with E-state index in [9.17, 15) is 14.7 Å². The summed E-state index contributed by atoms with van der Waals surface area (Å²) in [5, 5.41) is 12.0.